The van der Waals surface area contributed by atoms with Gasteiger partial charge < -0.3 is 15.1 Å². The molecule has 0 aliphatic heterocycles. The van der Waals surface area contributed by atoms with Crippen molar-refractivity contribution in [2.45, 2.75) is 19.4 Å². The van der Waals surface area contributed by atoms with Crippen LogP contribution in [0.1, 0.15) is 12.5 Å². The van der Waals surface area contributed by atoms with E-state index in [4.69, 9.17) is 9.94 Å². The Balaban J connectivity index is 2.34. The average molecular weight is 237 g/mol. The third-order valence-corrected chi connectivity index (χ3v) is 2.09. The number of aliphatic hydroxyl groups excluding tert-OH is 1. The number of carboxylic acids is 1. The van der Waals surface area contributed by atoms with E-state index in [9.17, 15) is 9.90 Å². The van der Waals surface area contributed by atoms with Crippen molar-refractivity contribution in [3.63, 3.8) is 0 Å². The second-order valence-electron chi connectivity index (χ2n) is 3.62. The van der Waals surface area contributed by atoms with Crippen molar-refractivity contribution in [2.75, 3.05) is 6.61 Å². The molecule has 1 unspecified atom stereocenters. The van der Waals surface area contributed by atoms with Gasteiger partial charge in [-0.05, 0) is 12.5 Å². The first-order chi connectivity index (χ1) is 8.09. The number of nitrogens with zero attached hydrogens (tertiary/aromatic N) is 1. The van der Waals surface area contributed by atoms with E-state index in [1.807, 2.05) is 30.3 Å². The molecule has 1 aromatic rings. The van der Waals surface area contributed by atoms with E-state index >= 15 is 0 Å². The average Bonchev–Trinajstić information content (AvgIpc) is 2.30. The summed E-state index contributed by atoms with van der Waals surface area (Å²) in [5, 5.41) is 21.5. The maximum Gasteiger partial charge on any atom is 0.353 e. The van der Waals surface area contributed by atoms with Gasteiger partial charge in [0.05, 0.1) is 6.10 Å². The molecule has 0 bridgehead atoms. The van der Waals surface area contributed by atoms with E-state index in [0.29, 0.717) is 6.42 Å². The molecular weight excluding hydrogens is 222 g/mol. The fourth-order valence-electron chi connectivity index (χ4n) is 1.20. The van der Waals surface area contributed by atoms with E-state index in [2.05, 4.69) is 5.16 Å². The Hall–Kier alpha value is -1.88. The Kier molecular flexibility index (Phi) is 5.16. The first-order valence-corrected chi connectivity index (χ1v) is 5.21. The zero-order chi connectivity index (χ0) is 12.7. The van der Waals surface area contributed by atoms with Gasteiger partial charge in [-0.2, -0.15) is 0 Å². The summed E-state index contributed by atoms with van der Waals surface area (Å²) in [7, 11) is 0. The molecule has 1 rings (SSSR count). The summed E-state index contributed by atoms with van der Waals surface area (Å²) < 4.78 is 0. The lowest BCUT2D eigenvalue weighted by molar-refractivity contribution is -0.129. The van der Waals surface area contributed by atoms with Gasteiger partial charge in [0.15, 0.2) is 5.71 Å². The van der Waals surface area contributed by atoms with E-state index in [-0.39, 0.29) is 12.3 Å². The lowest BCUT2D eigenvalue weighted by Crippen LogP contribution is -2.18. The van der Waals surface area contributed by atoms with Gasteiger partial charge in [0.2, 0.25) is 0 Å². The second kappa shape index (κ2) is 6.65. The molecule has 0 aromatic heterocycles. The van der Waals surface area contributed by atoms with Gasteiger partial charge in [0.25, 0.3) is 0 Å². The van der Waals surface area contributed by atoms with E-state index in [1.54, 1.807) is 0 Å². The number of aliphatic carboxylic acids is 1. The van der Waals surface area contributed by atoms with Crippen LogP contribution < -0.4 is 0 Å². The summed E-state index contributed by atoms with van der Waals surface area (Å²) in [5.74, 6) is -1.14. The van der Waals surface area contributed by atoms with Gasteiger partial charge in [-0.15, -0.1) is 0 Å². The molecule has 0 amide bonds. The molecule has 0 spiro atoms. The number of hydrogen-bond donors (Lipinski definition) is 2. The number of hydrogen-bond acceptors (Lipinski definition) is 4. The van der Waals surface area contributed by atoms with Crippen molar-refractivity contribution in [3.05, 3.63) is 35.9 Å². The number of carbonyl (C=O) groups is 1. The summed E-state index contributed by atoms with van der Waals surface area (Å²) in [5.41, 5.74) is 0.847. The van der Waals surface area contributed by atoms with Gasteiger partial charge in [-0.1, -0.05) is 35.5 Å². The Morgan fingerprint density at radius 3 is 2.65 bits per heavy atom. The fraction of sp³-hybridized carbons (Fsp3) is 0.333. The lowest BCUT2D eigenvalue weighted by atomic mass is 10.1. The zero-order valence-corrected chi connectivity index (χ0v) is 9.54. The Bertz CT molecular complexity index is 389. The van der Waals surface area contributed by atoms with Gasteiger partial charge in [-0.25, -0.2) is 4.79 Å². The summed E-state index contributed by atoms with van der Waals surface area (Å²) in [4.78, 5) is 15.1. The quantitative estimate of drug-likeness (QED) is 0.573. The number of aliphatic hydroxyl groups is 1. The smallest absolute Gasteiger partial charge is 0.353 e. The van der Waals surface area contributed by atoms with Crippen molar-refractivity contribution in [1.82, 2.24) is 0 Å². The highest BCUT2D eigenvalue weighted by Crippen LogP contribution is 2.03. The minimum Gasteiger partial charge on any atom is -0.477 e. The Labute approximate surface area is 99.3 Å². The van der Waals surface area contributed by atoms with E-state index in [0.717, 1.165) is 5.56 Å². The minimum atomic E-state index is -1.14. The number of oxime groups is 1. The molecule has 5 nitrogen and oxygen atoms in total. The van der Waals surface area contributed by atoms with Crippen LogP contribution in [0, 0.1) is 0 Å². The van der Waals surface area contributed by atoms with Crippen LogP contribution in [0.4, 0.5) is 0 Å². The molecule has 1 aromatic carbocycles. The van der Waals surface area contributed by atoms with Crippen LogP contribution in [0.3, 0.4) is 0 Å². The SMILES string of the molecule is C/C(=N/OCC(O)Cc1ccccc1)C(=O)O. The zero-order valence-electron chi connectivity index (χ0n) is 9.54. The lowest BCUT2D eigenvalue weighted by Gasteiger charge is -2.09. The standard InChI is InChI=1S/C12H15NO4/c1-9(12(15)16)13-17-8-11(14)7-10-5-3-2-4-6-10/h2-6,11,14H,7-8H2,1H3,(H,15,16)/b13-9-. The van der Waals surface area contributed by atoms with Crippen molar-refractivity contribution < 1.29 is 19.8 Å². The fourth-order valence-corrected chi connectivity index (χ4v) is 1.20. The first-order valence-electron chi connectivity index (χ1n) is 5.21. The summed E-state index contributed by atoms with van der Waals surface area (Å²) in [6, 6.07) is 9.46. The monoisotopic (exact) mass is 237 g/mol. The molecule has 0 radical (unpaired) electrons. The van der Waals surface area contributed by atoms with Crippen LogP contribution in [-0.2, 0) is 16.1 Å². The number of benzene rings is 1. The second-order valence-corrected chi connectivity index (χ2v) is 3.62. The van der Waals surface area contributed by atoms with Crippen molar-refractivity contribution in [1.29, 1.82) is 0 Å². The number of carboxylic acid groups (broad SMARTS) is 1. The van der Waals surface area contributed by atoms with E-state index in [1.165, 1.54) is 6.92 Å². The molecule has 0 aliphatic carbocycles. The Morgan fingerprint density at radius 1 is 1.41 bits per heavy atom. The van der Waals surface area contributed by atoms with Gasteiger partial charge >= 0.3 is 5.97 Å². The molecule has 0 saturated heterocycles. The molecule has 2 N–H and O–H groups in total. The van der Waals surface area contributed by atoms with Crippen LogP contribution in [-0.4, -0.2) is 34.6 Å². The molecule has 5 heteroatoms. The van der Waals surface area contributed by atoms with Crippen LogP contribution in [0.25, 0.3) is 0 Å². The summed E-state index contributed by atoms with van der Waals surface area (Å²) in [6.07, 6.45) is -0.259. The largest absolute Gasteiger partial charge is 0.477 e. The van der Waals surface area contributed by atoms with Crippen molar-refractivity contribution in [2.24, 2.45) is 5.16 Å². The van der Waals surface area contributed by atoms with Crippen molar-refractivity contribution in [3.8, 4) is 0 Å². The maximum atomic E-state index is 10.4. The predicted molar refractivity (Wildman–Crippen MR) is 62.8 cm³/mol. The normalized spacial score (nSPS) is 13.2. The molecule has 0 aliphatic rings. The number of rotatable bonds is 6. The van der Waals surface area contributed by atoms with Crippen LogP contribution in [0.2, 0.25) is 0 Å². The first kappa shape index (κ1) is 13.2. The highest BCUT2D eigenvalue weighted by molar-refractivity contribution is 6.34. The molecular formula is C12H15NO4. The van der Waals surface area contributed by atoms with Crippen LogP contribution in [0.5, 0.6) is 0 Å². The van der Waals surface area contributed by atoms with Crippen LogP contribution >= 0.6 is 0 Å². The molecule has 0 fully saturated rings. The Morgan fingerprint density at radius 2 is 2.06 bits per heavy atom. The summed E-state index contributed by atoms with van der Waals surface area (Å²) >= 11 is 0. The molecule has 92 valence electrons. The highest BCUT2D eigenvalue weighted by Gasteiger charge is 2.07. The topological polar surface area (TPSA) is 79.1 Å². The van der Waals surface area contributed by atoms with Crippen LogP contribution in [0.15, 0.2) is 35.5 Å². The van der Waals surface area contributed by atoms with Crippen molar-refractivity contribution >= 4 is 11.7 Å². The molecule has 17 heavy (non-hydrogen) atoms. The van der Waals surface area contributed by atoms with Gasteiger partial charge in [-0.3, -0.25) is 0 Å². The van der Waals surface area contributed by atoms with Gasteiger partial charge in [0.1, 0.15) is 6.61 Å². The molecule has 0 saturated carbocycles. The maximum absolute atomic E-state index is 10.4. The van der Waals surface area contributed by atoms with E-state index < -0.39 is 12.1 Å². The predicted octanol–water partition coefficient (Wildman–Crippen LogP) is 1.07. The molecule has 1 atom stereocenters. The summed E-state index contributed by atoms with van der Waals surface area (Å²) in [6.45, 7) is 1.30. The highest BCUT2D eigenvalue weighted by atomic mass is 16.6. The third kappa shape index (κ3) is 5.12. The third-order valence-electron chi connectivity index (χ3n) is 2.09. The minimum absolute atomic E-state index is 0.0283. The van der Waals surface area contributed by atoms with Gasteiger partial charge in [0, 0.05) is 6.42 Å². The molecule has 0 heterocycles.